The summed E-state index contributed by atoms with van der Waals surface area (Å²) in [5.41, 5.74) is 1.73. The second-order valence-corrected chi connectivity index (χ2v) is 5.99. The third-order valence-corrected chi connectivity index (χ3v) is 4.33. The normalized spacial score (nSPS) is 22.3. The SMILES string of the molecule is CNCCc1ccccc1C(=O)N1CCCC(C)(OC)C1. The number of carbonyl (C=O) groups excluding carboxylic acids is 1. The van der Waals surface area contributed by atoms with Crippen LogP contribution in [0, 0.1) is 0 Å². The Morgan fingerprint density at radius 3 is 2.90 bits per heavy atom. The largest absolute Gasteiger partial charge is 0.377 e. The van der Waals surface area contributed by atoms with Crippen molar-refractivity contribution in [3.05, 3.63) is 35.4 Å². The Morgan fingerprint density at radius 1 is 1.43 bits per heavy atom. The van der Waals surface area contributed by atoms with Crippen LogP contribution in [0.2, 0.25) is 0 Å². The Balaban J connectivity index is 2.16. The Morgan fingerprint density at radius 2 is 2.19 bits per heavy atom. The molecule has 1 aromatic rings. The van der Waals surface area contributed by atoms with E-state index in [-0.39, 0.29) is 11.5 Å². The van der Waals surface area contributed by atoms with Crippen LogP contribution in [-0.4, -0.2) is 50.2 Å². The standard InChI is InChI=1S/C17H26N2O2/c1-17(21-3)10-6-12-19(13-17)16(20)15-8-5-4-7-14(15)9-11-18-2/h4-5,7-8,18H,6,9-13H2,1-3H3. The van der Waals surface area contributed by atoms with Crippen molar-refractivity contribution in [1.29, 1.82) is 0 Å². The number of likely N-dealkylation sites (N-methyl/N-ethyl adjacent to an activating group) is 1. The van der Waals surface area contributed by atoms with Gasteiger partial charge in [-0.15, -0.1) is 0 Å². The predicted octanol–water partition coefficient (Wildman–Crippen LogP) is 2.09. The Labute approximate surface area is 127 Å². The van der Waals surface area contributed by atoms with Gasteiger partial charge in [0.1, 0.15) is 0 Å². The average Bonchev–Trinajstić information content (AvgIpc) is 2.52. The number of ether oxygens (including phenoxy) is 1. The molecular formula is C17H26N2O2. The fourth-order valence-electron chi connectivity index (χ4n) is 2.92. The molecule has 1 heterocycles. The van der Waals surface area contributed by atoms with E-state index < -0.39 is 0 Å². The van der Waals surface area contributed by atoms with Gasteiger partial charge in [0.15, 0.2) is 0 Å². The number of amides is 1. The van der Waals surface area contributed by atoms with Gasteiger partial charge < -0.3 is 15.0 Å². The number of rotatable bonds is 5. The molecule has 0 spiro atoms. The Hall–Kier alpha value is -1.39. The fourth-order valence-corrected chi connectivity index (χ4v) is 2.92. The van der Waals surface area contributed by atoms with Crippen molar-refractivity contribution in [2.24, 2.45) is 0 Å². The first-order valence-corrected chi connectivity index (χ1v) is 7.66. The van der Waals surface area contributed by atoms with Crippen LogP contribution in [0.4, 0.5) is 0 Å². The fraction of sp³-hybridized carbons (Fsp3) is 0.588. The molecule has 1 amide bonds. The summed E-state index contributed by atoms with van der Waals surface area (Å²) in [5, 5.41) is 3.14. The number of methoxy groups -OCH3 is 1. The maximum Gasteiger partial charge on any atom is 0.254 e. The van der Waals surface area contributed by atoms with Gasteiger partial charge in [0.05, 0.1) is 5.60 Å². The highest BCUT2D eigenvalue weighted by molar-refractivity contribution is 5.95. The number of likely N-dealkylation sites (tertiary alicyclic amines) is 1. The topological polar surface area (TPSA) is 41.6 Å². The van der Waals surface area contributed by atoms with Gasteiger partial charge in [0, 0.05) is 25.8 Å². The predicted molar refractivity (Wildman–Crippen MR) is 84.6 cm³/mol. The highest BCUT2D eigenvalue weighted by atomic mass is 16.5. The van der Waals surface area contributed by atoms with E-state index >= 15 is 0 Å². The number of nitrogens with one attached hydrogen (secondary N) is 1. The van der Waals surface area contributed by atoms with Crippen molar-refractivity contribution in [2.45, 2.75) is 31.8 Å². The van der Waals surface area contributed by atoms with Gasteiger partial charge in [0.25, 0.3) is 5.91 Å². The van der Waals surface area contributed by atoms with Crippen LogP contribution < -0.4 is 5.32 Å². The van der Waals surface area contributed by atoms with Crippen molar-refractivity contribution in [3.63, 3.8) is 0 Å². The third kappa shape index (κ3) is 3.83. The lowest BCUT2D eigenvalue weighted by Gasteiger charge is -2.39. The summed E-state index contributed by atoms with van der Waals surface area (Å²) >= 11 is 0. The molecule has 1 aromatic carbocycles. The maximum absolute atomic E-state index is 12.8. The molecule has 0 radical (unpaired) electrons. The lowest BCUT2D eigenvalue weighted by Crippen LogP contribution is -2.49. The zero-order valence-electron chi connectivity index (χ0n) is 13.3. The zero-order chi connectivity index (χ0) is 15.3. The summed E-state index contributed by atoms with van der Waals surface area (Å²) in [7, 11) is 3.66. The first-order chi connectivity index (χ1) is 10.1. The third-order valence-electron chi connectivity index (χ3n) is 4.33. The molecule has 4 nitrogen and oxygen atoms in total. The second kappa shape index (κ2) is 7.05. The van der Waals surface area contributed by atoms with Crippen molar-refractivity contribution in [2.75, 3.05) is 33.8 Å². The molecular weight excluding hydrogens is 264 g/mol. The molecule has 1 atom stereocenters. The van der Waals surface area contributed by atoms with Crippen molar-refractivity contribution in [1.82, 2.24) is 10.2 Å². The van der Waals surface area contributed by atoms with Crippen molar-refractivity contribution < 1.29 is 9.53 Å². The molecule has 4 heteroatoms. The molecule has 2 rings (SSSR count). The van der Waals surface area contributed by atoms with Crippen molar-refractivity contribution in [3.8, 4) is 0 Å². The van der Waals surface area contributed by atoms with E-state index in [1.54, 1.807) is 7.11 Å². The Bertz CT molecular complexity index is 489. The average molecular weight is 290 g/mol. The summed E-state index contributed by atoms with van der Waals surface area (Å²) in [4.78, 5) is 14.8. The number of carbonyl (C=O) groups is 1. The molecule has 21 heavy (non-hydrogen) atoms. The first kappa shape index (κ1) is 16.0. The molecule has 0 aromatic heterocycles. The molecule has 1 unspecified atom stereocenters. The minimum absolute atomic E-state index is 0.129. The summed E-state index contributed by atoms with van der Waals surface area (Å²) in [6.45, 7) is 4.44. The lowest BCUT2D eigenvalue weighted by molar-refractivity contribution is -0.0440. The van der Waals surface area contributed by atoms with E-state index in [4.69, 9.17) is 4.74 Å². The molecule has 116 valence electrons. The van der Waals surface area contributed by atoms with E-state index in [2.05, 4.69) is 12.2 Å². The van der Waals surface area contributed by atoms with E-state index in [0.717, 1.165) is 43.5 Å². The van der Waals surface area contributed by atoms with Gasteiger partial charge >= 0.3 is 0 Å². The molecule has 1 fully saturated rings. The smallest absolute Gasteiger partial charge is 0.254 e. The van der Waals surface area contributed by atoms with Gasteiger partial charge in [-0.3, -0.25) is 4.79 Å². The molecule has 1 N–H and O–H groups in total. The molecule has 1 saturated heterocycles. The van der Waals surface area contributed by atoms with Crippen LogP contribution in [-0.2, 0) is 11.2 Å². The zero-order valence-corrected chi connectivity index (χ0v) is 13.3. The highest BCUT2D eigenvalue weighted by Crippen LogP contribution is 2.25. The first-order valence-electron chi connectivity index (χ1n) is 7.66. The van der Waals surface area contributed by atoms with Crippen LogP contribution in [0.3, 0.4) is 0 Å². The van der Waals surface area contributed by atoms with E-state index in [1.807, 2.05) is 36.2 Å². The van der Waals surface area contributed by atoms with E-state index in [1.165, 1.54) is 0 Å². The van der Waals surface area contributed by atoms with E-state index in [0.29, 0.717) is 6.54 Å². The van der Waals surface area contributed by atoms with Crippen LogP contribution in [0.5, 0.6) is 0 Å². The number of nitrogens with zero attached hydrogens (tertiary/aromatic N) is 1. The van der Waals surface area contributed by atoms with Gasteiger partial charge in [-0.05, 0) is 51.4 Å². The summed E-state index contributed by atoms with van der Waals surface area (Å²) in [5.74, 6) is 0.129. The van der Waals surface area contributed by atoms with Crippen LogP contribution in [0.25, 0.3) is 0 Å². The van der Waals surface area contributed by atoms with Crippen LogP contribution in [0.15, 0.2) is 24.3 Å². The van der Waals surface area contributed by atoms with Crippen molar-refractivity contribution >= 4 is 5.91 Å². The molecule has 0 saturated carbocycles. The summed E-state index contributed by atoms with van der Waals surface area (Å²) in [6.07, 6.45) is 2.87. The lowest BCUT2D eigenvalue weighted by atomic mass is 9.93. The molecule has 0 aliphatic carbocycles. The molecule has 0 bridgehead atoms. The van der Waals surface area contributed by atoms with Crippen LogP contribution >= 0.6 is 0 Å². The summed E-state index contributed by atoms with van der Waals surface area (Å²) < 4.78 is 5.59. The van der Waals surface area contributed by atoms with E-state index in [9.17, 15) is 4.79 Å². The second-order valence-electron chi connectivity index (χ2n) is 5.99. The number of hydrogen-bond donors (Lipinski definition) is 1. The van der Waals surface area contributed by atoms with Gasteiger partial charge in [-0.1, -0.05) is 18.2 Å². The number of piperidine rings is 1. The number of hydrogen-bond acceptors (Lipinski definition) is 3. The quantitative estimate of drug-likeness (QED) is 0.903. The Kier molecular flexibility index (Phi) is 5.37. The van der Waals surface area contributed by atoms with Crippen LogP contribution in [0.1, 0.15) is 35.7 Å². The highest BCUT2D eigenvalue weighted by Gasteiger charge is 2.33. The summed E-state index contributed by atoms with van der Waals surface area (Å²) in [6, 6.07) is 7.92. The van der Waals surface area contributed by atoms with Gasteiger partial charge in [-0.25, -0.2) is 0 Å². The maximum atomic E-state index is 12.8. The molecule has 1 aliphatic heterocycles. The minimum Gasteiger partial charge on any atom is -0.377 e. The van der Waals surface area contributed by atoms with Gasteiger partial charge in [-0.2, -0.15) is 0 Å². The minimum atomic E-state index is -0.214. The number of benzene rings is 1. The van der Waals surface area contributed by atoms with Gasteiger partial charge in [0.2, 0.25) is 0 Å². The molecule has 1 aliphatic rings. The monoisotopic (exact) mass is 290 g/mol.